The maximum absolute atomic E-state index is 10.2. The van der Waals surface area contributed by atoms with Crippen molar-refractivity contribution in [2.75, 3.05) is 7.05 Å². The van der Waals surface area contributed by atoms with Gasteiger partial charge in [-0.25, -0.2) is 0 Å². The van der Waals surface area contributed by atoms with Gasteiger partial charge in [0, 0.05) is 24.4 Å². The number of nitrogens with one attached hydrogen (secondary N) is 1. The third-order valence-corrected chi connectivity index (χ3v) is 1.83. The van der Waals surface area contributed by atoms with E-state index in [0.29, 0.717) is 12.5 Å². The van der Waals surface area contributed by atoms with Crippen molar-refractivity contribution in [3.63, 3.8) is 0 Å². The van der Waals surface area contributed by atoms with Crippen molar-refractivity contribution in [3.8, 4) is 0 Å². The first kappa shape index (κ1) is 22.9. The number of carbonyl (C=O) groups excluding carboxylic acids is 2. The molecule has 6 heteroatoms. The summed E-state index contributed by atoms with van der Waals surface area (Å²) in [6, 6.07) is 0.208. The molecule has 1 unspecified atom stereocenters. The highest BCUT2D eigenvalue weighted by molar-refractivity contribution is 6.48. The van der Waals surface area contributed by atoms with Crippen LogP contribution in [0.1, 0.15) is 34.1 Å². The van der Waals surface area contributed by atoms with Crippen LogP contribution in [0.5, 0.6) is 0 Å². The lowest BCUT2D eigenvalue weighted by molar-refractivity contribution is -0.108. The van der Waals surface area contributed by atoms with Crippen LogP contribution in [-0.4, -0.2) is 45.7 Å². The van der Waals surface area contributed by atoms with Crippen molar-refractivity contribution in [3.05, 3.63) is 11.8 Å². The van der Waals surface area contributed by atoms with Crippen molar-refractivity contribution < 1.29 is 9.59 Å². The van der Waals surface area contributed by atoms with E-state index in [0.717, 1.165) is 12.0 Å². The van der Waals surface area contributed by atoms with E-state index in [1.54, 1.807) is 6.21 Å². The molecule has 0 heterocycles. The van der Waals surface area contributed by atoms with E-state index >= 15 is 0 Å². The Morgan fingerprint density at radius 3 is 2.00 bits per heavy atom. The predicted octanol–water partition coefficient (Wildman–Crippen LogP) is 0.857. The maximum Gasteiger partial charge on any atom is 0.162 e. The molecular weight excluding hydrogens is 241 g/mol. The number of allylic oxidation sites excluding steroid dienone is 1. The van der Waals surface area contributed by atoms with Crippen LogP contribution in [0.25, 0.3) is 0 Å². The quantitative estimate of drug-likeness (QED) is 0.439. The van der Waals surface area contributed by atoms with Crippen LogP contribution in [-0.2, 0) is 9.59 Å². The van der Waals surface area contributed by atoms with Gasteiger partial charge in [-0.2, -0.15) is 0 Å². The normalized spacial score (nSPS) is 12.1. The summed E-state index contributed by atoms with van der Waals surface area (Å²) < 4.78 is 0. The Morgan fingerprint density at radius 1 is 1.37 bits per heavy atom. The predicted molar refractivity (Wildman–Crippen MR) is 83.3 cm³/mol. The number of hydrogen-bond acceptors (Lipinski definition) is 5. The Morgan fingerprint density at radius 2 is 1.79 bits per heavy atom. The minimum absolute atomic E-state index is 0.250. The van der Waals surface area contributed by atoms with E-state index in [2.05, 4.69) is 32.0 Å². The number of nitrogens with zero attached hydrogens (tertiary/aromatic N) is 1. The van der Waals surface area contributed by atoms with E-state index in [9.17, 15) is 4.79 Å². The Hall–Kier alpha value is -1.27. The molecule has 0 aliphatic heterocycles. The Balaban J connectivity index is -0.000000266. The zero-order chi connectivity index (χ0) is 15.7. The molecule has 0 aromatic heterocycles. The van der Waals surface area contributed by atoms with Crippen LogP contribution in [0.3, 0.4) is 0 Å². The van der Waals surface area contributed by atoms with Gasteiger partial charge in [-0.1, -0.05) is 19.9 Å². The summed E-state index contributed by atoms with van der Waals surface area (Å²) in [5, 5.41) is 3.03. The van der Waals surface area contributed by atoms with E-state index < -0.39 is 6.04 Å². The number of aldehydes is 1. The lowest BCUT2D eigenvalue weighted by Gasteiger charge is -2.02. The van der Waals surface area contributed by atoms with E-state index in [-0.39, 0.29) is 6.19 Å². The highest BCUT2D eigenvalue weighted by atomic mass is 16.1. The Bertz CT molecular complexity index is 267. The number of nitrogens with two attached hydrogens (primary N) is 1. The fourth-order valence-electron chi connectivity index (χ4n) is 0.701. The van der Waals surface area contributed by atoms with Crippen LogP contribution in [0.2, 0.25) is 0 Å². The molecule has 2 radical (unpaired) electrons. The summed E-state index contributed by atoms with van der Waals surface area (Å²) in [4.78, 5) is 22.8. The molecule has 3 N–H and O–H groups in total. The molecule has 0 aromatic carbocycles. The number of carbonyl (C=O) groups is 2. The molecule has 0 fully saturated rings. The molecule has 0 saturated heterocycles. The lowest BCUT2D eigenvalue weighted by atomic mass is 10.2. The second-order valence-electron chi connectivity index (χ2n) is 3.75. The molecule has 19 heavy (non-hydrogen) atoms. The third-order valence-electron chi connectivity index (χ3n) is 1.83. The van der Waals surface area contributed by atoms with Crippen LogP contribution >= 0.6 is 0 Å². The third kappa shape index (κ3) is 26.4. The van der Waals surface area contributed by atoms with Gasteiger partial charge in [0.2, 0.25) is 0 Å². The Kier molecular flexibility index (Phi) is 23.0. The van der Waals surface area contributed by atoms with Gasteiger partial charge in [0.25, 0.3) is 0 Å². The summed E-state index contributed by atoms with van der Waals surface area (Å²) in [7, 11) is 6.12. The SMILES string of the molecule is CC=N/C(=C\C)CC(N)C=O.CNC(C)C.[B]C=O. The van der Waals surface area contributed by atoms with Gasteiger partial charge in [-0.3, -0.25) is 4.99 Å². The number of hydrogen-bond donors (Lipinski definition) is 2. The standard InChI is InChI=1S/C8H14N2O.C4H11N.CHBO/c1-3-8(10-4-2)5-7(9)6-11;1-4(2)5-3;2-1-3/h3-4,6-7H,5,9H2,1-2H3;4-5H,1-3H3;1H/b8-3-,10-4?;;. The van der Waals surface area contributed by atoms with Gasteiger partial charge in [0.05, 0.1) is 12.2 Å². The van der Waals surface area contributed by atoms with Gasteiger partial charge in [-0.15, -0.1) is 0 Å². The first-order valence-electron chi connectivity index (χ1n) is 6.10. The molecule has 0 spiro atoms. The van der Waals surface area contributed by atoms with Crippen molar-refractivity contribution in [2.45, 2.75) is 46.2 Å². The topological polar surface area (TPSA) is 84.5 Å². The monoisotopic (exact) mass is 267 g/mol. The zero-order valence-electron chi connectivity index (χ0n) is 12.6. The second-order valence-corrected chi connectivity index (χ2v) is 3.75. The van der Waals surface area contributed by atoms with E-state index in [4.69, 9.17) is 10.5 Å². The molecule has 0 aliphatic rings. The molecule has 0 aliphatic carbocycles. The molecule has 108 valence electrons. The molecule has 0 bridgehead atoms. The molecule has 1 atom stereocenters. The largest absolute Gasteiger partial charge is 0.321 e. The van der Waals surface area contributed by atoms with Crippen LogP contribution < -0.4 is 11.1 Å². The van der Waals surface area contributed by atoms with Gasteiger partial charge in [0.1, 0.15) is 6.29 Å². The van der Waals surface area contributed by atoms with Crippen LogP contribution in [0.15, 0.2) is 16.8 Å². The van der Waals surface area contributed by atoms with Crippen molar-refractivity contribution in [1.82, 2.24) is 5.32 Å². The molecular formula is C13H26BN3O2. The fraction of sp³-hybridized carbons (Fsp3) is 0.615. The minimum Gasteiger partial charge on any atom is -0.321 e. The minimum atomic E-state index is -0.426. The summed E-state index contributed by atoms with van der Waals surface area (Å²) >= 11 is 0. The fourth-order valence-corrected chi connectivity index (χ4v) is 0.701. The average molecular weight is 267 g/mol. The summed E-state index contributed by atoms with van der Waals surface area (Å²) in [5.41, 5.74) is 6.25. The highest BCUT2D eigenvalue weighted by Crippen LogP contribution is 2.03. The summed E-state index contributed by atoms with van der Waals surface area (Å²) in [6.45, 7) is 7.93. The van der Waals surface area contributed by atoms with Gasteiger partial charge in [0.15, 0.2) is 7.85 Å². The maximum atomic E-state index is 10.2. The van der Waals surface area contributed by atoms with Gasteiger partial charge >= 0.3 is 0 Å². The van der Waals surface area contributed by atoms with Gasteiger partial charge < -0.3 is 20.6 Å². The van der Waals surface area contributed by atoms with Gasteiger partial charge in [-0.05, 0) is 20.9 Å². The van der Waals surface area contributed by atoms with Crippen molar-refractivity contribution in [2.24, 2.45) is 10.7 Å². The summed E-state index contributed by atoms with van der Waals surface area (Å²) in [6.07, 6.45) is 5.04. The first-order valence-corrected chi connectivity index (χ1v) is 6.10. The lowest BCUT2D eigenvalue weighted by Crippen LogP contribution is -2.21. The first-order chi connectivity index (χ1) is 8.92. The smallest absolute Gasteiger partial charge is 0.162 e. The number of aliphatic imine (C=N–C) groups is 1. The average Bonchev–Trinajstić information content (AvgIpc) is 2.39. The van der Waals surface area contributed by atoms with Crippen molar-refractivity contribution in [1.29, 1.82) is 0 Å². The highest BCUT2D eigenvalue weighted by Gasteiger charge is 2.01. The van der Waals surface area contributed by atoms with E-state index in [1.165, 1.54) is 0 Å². The van der Waals surface area contributed by atoms with E-state index in [1.807, 2.05) is 27.0 Å². The Labute approximate surface area is 118 Å². The molecule has 5 nitrogen and oxygen atoms in total. The molecule has 0 aromatic rings. The molecule has 0 saturated carbocycles. The van der Waals surface area contributed by atoms with Crippen LogP contribution in [0, 0.1) is 0 Å². The molecule has 0 amide bonds. The summed E-state index contributed by atoms with van der Waals surface area (Å²) in [5.74, 6) is 0. The van der Waals surface area contributed by atoms with Crippen LogP contribution in [0.4, 0.5) is 0 Å². The second kappa shape index (κ2) is 19.1. The molecule has 0 rings (SSSR count). The zero-order valence-corrected chi connectivity index (χ0v) is 12.6. The van der Waals surface area contributed by atoms with Crippen molar-refractivity contribution >= 4 is 26.5 Å². The number of rotatable bonds is 5.